The quantitative estimate of drug-likeness (QED) is 0.771. The molecule has 1 N–H and O–H groups in total. The van der Waals surface area contributed by atoms with Gasteiger partial charge in [-0.3, -0.25) is 9.59 Å². The zero-order chi connectivity index (χ0) is 21.0. The molecule has 2 amide bonds. The molecule has 0 spiro atoms. The van der Waals surface area contributed by atoms with E-state index >= 15 is 0 Å². The first kappa shape index (κ1) is 20.6. The molecule has 154 valence electrons. The molecular weight excluding hydrogens is 372 g/mol. The molecule has 29 heavy (non-hydrogen) atoms. The smallest absolute Gasteiger partial charge is 0.319 e. The van der Waals surface area contributed by atoms with Crippen molar-refractivity contribution in [3.8, 4) is 11.9 Å². The second-order valence-electron chi connectivity index (χ2n) is 6.90. The first-order chi connectivity index (χ1) is 13.9. The molecule has 1 aromatic carbocycles. The van der Waals surface area contributed by atoms with Crippen molar-refractivity contribution in [2.45, 2.75) is 34.1 Å². The molecule has 0 radical (unpaired) electrons. The number of rotatable bonds is 7. The van der Waals surface area contributed by atoms with E-state index in [1.807, 2.05) is 45.9 Å². The van der Waals surface area contributed by atoms with E-state index in [-0.39, 0.29) is 30.1 Å². The first-order valence-corrected chi connectivity index (χ1v) is 9.74. The van der Waals surface area contributed by atoms with Crippen LogP contribution in [0.15, 0.2) is 24.4 Å². The largest absolute Gasteiger partial charge is 0.476 e. The van der Waals surface area contributed by atoms with Crippen LogP contribution < -0.4 is 19.7 Å². The highest BCUT2D eigenvalue weighted by molar-refractivity contribution is 6.03. The molecule has 8 nitrogen and oxygen atoms in total. The minimum Gasteiger partial charge on any atom is -0.476 e. The van der Waals surface area contributed by atoms with Gasteiger partial charge in [-0.15, -0.1) is 0 Å². The summed E-state index contributed by atoms with van der Waals surface area (Å²) in [7, 11) is 0. The predicted molar refractivity (Wildman–Crippen MR) is 109 cm³/mol. The summed E-state index contributed by atoms with van der Waals surface area (Å²) in [5, 5.41) is 2.80. The van der Waals surface area contributed by atoms with Gasteiger partial charge in [0.25, 0.3) is 0 Å². The average molecular weight is 398 g/mol. The molecule has 1 aliphatic rings. The molecule has 3 rings (SSSR count). The van der Waals surface area contributed by atoms with Gasteiger partial charge in [-0.2, -0.15) is 4.98 Å². The van der Waals surface area contributed by atoms with Crippen molar-refractivity contribution in [2.24, 2.45) is 5.92 Å². The molecule has 1 saturated heterocycles. The van der Waals surface area contributed by atoms with Crippen LogP contribution >= 0.6 is 0 Å². The standard InChI is InChI=1S/C21H26N4O4/c1-5-28-20-17(11-22-21(24-20)29-6-2)23-19(27)15-10-18(26)25(12-15)16-8-7-13(3)14(4)9-16/h7-9,11,15H,5-6,10,12H2,1-4H3,(H,23,27). The van der Waals surface area contributed by atoms with Gasteiger partial charge in [0.05, 0.1) is 25.3 Å². The molecule has 2 heterocycles. The van der Waals surface area contributed by atoms with Gasteiger partial charge in [0.1, 0.15) is 5.69 Å². The number of benzene rings is 1. The van der Waals surface area contributed by atoms with Crippen molar-refractivity contribution in [3.05, 3.63) is 35.5 Å². The van der Waals surface area contributed by atoms with E-state index in [0.29, 0.717) is 25.4 Å². The fraction of sp³-hybridized carbons (Fsp3) is 0.429. The van der Waals surface area contributed by atoms with Gasteiger partial charge in [-0.1, -0.05) is 6.07 Å². The fourth-order valence-electron chi connectivity index (χ4n) is 3.14. The van der Waals surface area contributed by atoms with Gasteiger partial charge >= 0.3 is 6.01 Å². The van der Waals surface area contributed by atoms with E-state index in [0.717, 1.165) is 16.8 Å². The fourth-order valence-corrected chi connectivity index (χ4v) is 3.14. The van der Waals surface area contributed by atoms with Crippen molar-refractivity contribution < 1.29 is 19.1 Å². The van der Waals surface area contributed by atoms with Crippen molar-refractivity contribution in [3.63, 3.8) is 0 Å². The molecular formula is C21H26N4O4. The lowest BCUT2D eigenvalue weighted by molar-refractivity contribution is -0.122. The van der Waals surface area contributed by atoms with Gasteiger partial charge in [-0.05, 0) is 51.0 Å². The first-order valence-electron chi connectivity index (χ1n) is 9.74. The Morgan fingerprint density at radius 2 is 1.97 bits per heavy atom. The number of aryl methyl sites for hydroxylation is 2. The highest BCUT2D eigenvalue weighted by Crippen LogP contribution is 2.29. The highest BCUT2D eigenvalue weighted by Gasteiger charge is 2.35. The molecule has 0 saturated carbocycles. The van der Waals surface area contributed by atoms with Gasteiger partial charge in [-0.25, -0.2) is 4.98 Å². The second-order valence-corrected chi connectivity index (χ2v) is 6.90. The van der Waals surface area contributed by atoms with Crippen LogP contribution in [-0.4, -0.2) is 41.5 Å². The second kappa shape index (κ2) is 8.89. The third-order valence-electron chi connectivity index (χ3n) is 4.84. The number of amides is 2. The summed E-state index contributed by atoms with van der Waals surface area (Å²) in [5.74, 6) is -0.556. The average Bonchev–Trinajstić information content (AvgIpc) is 3.08. The van der Waals surface area contributed by atoms with Crippen LogP contribution in [0.1, 0.15) is 31.4 Å². The van der Waals surface area contributed by atoms with E-state index in [1.54, 1.807) is 4.90 Å². The molecule has 0 bridgehead atoms. The van der Waals surface area contributed by atoms with Crippen LogP contribution in [0.25, 0.3) is 0 Å². The van der Waals surface area contributed by atoms with E-state index in [9.17, 15) is 9.59 Å². The SMILES string of the molecule is CCOc1ncc(NC(=O)C2CC(=O)N(c3ccc(C)c(C)c3)C2)c(OCC)n1. The Morgan fingerprint density at radius 3 is 2.66 bits per heavy atom. The Labute approximate surface area is 170 Å². The van der Waals surface area contributed by atoms with Gasteiger partial charge in [0.15, 0.2) is 0 Å². The van der Waals surface area contributed by atoms with Crippen molar-refractivity contribution in [1.29, 1.82) is 0 Å². The lowest BCUT2D eigenvalue weighted by atomic mass is 10.1. The minimum absolute atomic E-state index is 0.0682. The van der Waals surface area contributed by atoms with Crippen LogP contribution in [0.5, 0.6) is 11.9 Å². The molecule has 2 aromatic rings. The Bertz CT molecular complexity index is 916. The molecule has 1 atom stereocenters. The molecule has 1 aliphatic heterocycles. The number of hydrogen-bond acceptors (Lipinski definition) is 6. The monoisotopic (exact) mass is 398 g/mol. The number of nitrogens with one attached hydrogen (secondary N) is 1. The zero-order valence-electron chi connectivity index (χ0n) is 17.2. The molecule has 1 unspecified atom stereocenters. The number of nitrogens with zero attached hydrogens (tertiary/aromatic N) is 3. The number of aromatic nitrogens is 2. The summed E-state index contributed by atoms with van der Waals surface area (Å²) >= 11 is 0. The number of carbonyl (C=O) groups excluding carboxylic acids is 2. The Hall–Kier alpha value is -3.16. The number of carbonyl (C=O) groups is 2. The Balaban J connectivity index is 1.73. The van der Waals surface area contributed by atoms with Crippen molar-refractivity contribution in [2.75, 3.05) is 30.0 Å². The van der Waals surface area contributed by atoms with E-state index in [2.05, 4.69) is 15.3 Å². The van der Waals surface area contributed by atoms with Crippen molar-refractivity contribution in [1.82, 2.24) is 9.97 Å². The zero-order valence-corrected chi connectivity index (χ0v) is 17.2. The summed E-state index contributed by atoms with van der Waals surface area (Å²) in [6, 6.07) is 6.05. The maximum atomic E-state index is 12.8. The lowest BCUT2D eigenvalue weighted by Gasteiger charge is -2.18. The van der Waals surface area contributed by atoms with Crippen LogP contribution in [0.4, 0.5) is 11.4 Å². The Kier molecular flexibility index (Phi) is 6.31. The number of anilines is 2. The molecule has 1 fully saturated rings. The van der Waals surface area contributed by atoms with Gasteiger partial charge in [0, 0.05) is 18.7 Å². The van der Waals surface area contributed by atoms with Crippen LogP contribution in [0.3, 0.4) is 0 Å². The van der Waals surface area contributed by atoms with Gasteiger partial charge in [0.2, 0.25) is 17.7 Å². The molecule has 0 aliphatic carbocycles. The predicted octanol–water partition coefficient (Wildman–Crippen LogP) is 2.88. The Morgan fingerprint density at radius 1 is 1.21 bits per heavy atom. The topological polar surface area (TPSA) is 93.6 Å². The molecule has 8 heteroatoms. The minimum atomic E-state index is -0.467. The third kappa shape index (κ3) is 4.64. The van der Waals surface area contributed by atoms with Crippen molar-refractivity contribution >= 4 is 23.2 Å². The number of ether oxygens (including phenoxy) is 2. The van der Waals surface area contributed by atoms with E-state index < -0.39 is 5.92 Å². The number of hydrogen-bond donors (Lipinski definition) is 1. The maximum Gasteiger partial charge on any atom is 0.319 e. The normalized spacial score (nSPS) is 16.1. The summed E-state index contributed by atoms with van der Waals surface area (Å²) < 4.78 is 10.8. The van der Waals surface area contributed by atoms with E-state index in [4.69, 9.17) is 9.47 Å². The summed E-state index contributed by atoms with van der Waals surface area (Å²) in [6.45, 7) is 8.82. The van der Waals surface area contributed by atoms with Crippen LogP contribution in [0.2, 0.25) is 0 Å². The summed E-state index contributed by atoms with van der Waals surface area (Å²) in [5.41, 5.74) is 3.44. The summed E-state index contributed by atoms with van der Waals surface area (Å²) in [6.07, 6.45) is 1.61. The van der Waals surface area contributed by atoms with E-state index in [1.165, 1.54) is 6.20 Å². The summed E-state index contributed by atoms with van der Waals surface area (Å²) in [4.78, 5) is 35.2. The van der Waals surface area contributed by atoms with Gasteiger partial charge < -0.3 is 19.7 Å². The molecule has 1 aromatic heterocycles. The van der Waals surface area contributed by atoms with Crippen LogP contribution in [0, 0.1) is 19.8 Å². The third-order valence-corrected chi connectivity index (χ3v) is 4.84. The maximum absolute atomic E-state index is 12.8. The van der Waals surface area contributed by atoms with Crippen LogP contribution in [-0.2, 0) is 9.59 Å². The highest BCUT2D eigenvalue weighted by atomic mass is 16.5. The lowest BCUT2D eigenvalue weighted by Crippen LogP contribution is -2.28.